The van der Waals surface area contributed by atoms with Crippen molar-refractivity contribution in [2.24, 2.45) is 0 Å². The van der Waals surface area contributed by atoms with Crippen LogP contribution in [0.5, 0.6) is 0 Å². The molecular weight excluding hydrogens is 304 g/mol. The Morgan fingerprint density at radius 2 is 2.04 bits per heavy atom. The Labute approximate surface area is 142 Å². The molecule has 1 aliphatic carbocycles. The Kier molecular flexibility index (Phi) is 5.01. The van der Waals surface area contributed by atoms with Crippen molar-refractivity contribution in [1.82, 2.24) is 9.88 Å². The molecule has 1 aromatic carbocycles. The van der Waals surface area contributed by atoms with Crippen LogP contribution in [0.25, 0.3) is 0 Å². The van der Waals surface area contributed by atoms with E-state index >= 15 is 0 Å². The predicted octanol–water partition coefficient (Wildman–Crippen LogP) is 4.06. The van der Waals surface area contributed by atoms with E-state index in [1.807, 2.05) is 30.2 Å². The van der Waals surface area contributed by atoms with Crippen LogP contribution in [0.3, 0.4) is 0 Å². The van der Waals surface area contributed by atoms with Gasteiger partial charge in [-0.05, 0) is 50.5 Å². The summed E-state index contributed by atoms with van der Waals surface area (Å²) < 4.78 is 0. The van der Waals surface area contributed by atoms with E-state index in [4.69, 9.17) is 0 Å². The van der Waals surface area contributed by atoms with E-state index in [1.54, 1.807) is 18.0 Å². The van der Waals surface area contributed by atoms with E-state index in [2.05, 4.69) is 36.2 Å². The Bertz CT molecular complexity index is 653. The van der Waals surface area contributed by atoms with Gasteiger partial charge in [-0.2, -0.15) is 0 Å². The fourth-order valence-corrected chi connectivity index (χ4v) is 3.50. The number of pyridine rings is 1. The first kappa shape index (κ1) is 16.1. The summed E-state index contributed by atoms with van der Waals surface area (Å²) in [6.45, 7) is 4.74. The molecule has 1 atom stereocenters. The minimum atomic E-state index is -0.0741. The summed E-state index contributed by atoms with van der Waals surface area (Å²) in [6, 6.07) is 12.7. The molecule has 2 aromatic rings. The van der Waals surface area contributed by atoms with Gasteiger partial charge in [-0.1, -0.05) is 23.8 Å². The van der Waals surface area contributed by atoms with Crippen molar-refractivity contribution in [3.63, 3.8) is 0 Å². The molecular formula is C19H22N2OS. The third kappa shape index (κ3) is 4.35. The Morgan fingerprint density at radius 1 is 1.30 bits per heavy atom. The zero-order chi connectivity index (χ0) is 16.2. The normalized spacial score (nSPS) is 15.2. The van der Waals surface area contributed by atoms with Crippen LogP contribution in [0.15, 0.2) is 53.7 Å². The Hall–Kier alpha value is -1.81. The van der Waals surface area contributed by atoms with Gasteiger partial charge in [0.15, 0.2) is 0 Å². The van der Waals surface area contributed by atoms with E-state index in [9.17, 15) is 4.79 Å². The number of amides is 1. The monoisotopic (exact) mass is 326 g/mol. The summed E-state index contributed by atoms with van der Waals surface area (Å²) in [6.07, 6.45) is 5.85. The molecule has 0 spiro atoms. The fraction of sp³-hybridized carbons (Fsp3) is 0.368. The minimum Gasteiger partial charge on any atom is -0.334 e. The number of carbonyl (C=O) groups excluding carboxylic acids is 1. The van der Waals surface area contributed by atoms with Gasteiger partial charge in [-0.15, -0.1) is 11.8 Å². The van der Waals surface area contributed by atoms with Gasteiger partial charge >= 0.3 is 0 Å². The number of nitrogens with zero attached hydrogens (tertiary/aromatic N) is 2. The summed E-state index contributed by atoms with van der Waals surface area (Å²) >= 11 is 1.64. The second-order valence-corrected chi connectivity index (χ2v) is 7.55. The lowest BCUT2D eigenvalue weighted by molar-refractivity contribution is -0.131. The van der Waals surface area contributed by atoms with Crippen molar-refractivity contribution in [1.29, 1.82) is 0 Å². The summed E-state index contributed by atoms with van der Waals surface area (Å²) in [5.41, 5.74) is 2.34. The third-order valence-electron chi connectivity index (χ3n) is 4.03. The molecule has 4 heteroatoms. The summed E-state index contributed by atoms with van der Waals surface area (Å²) in [7, 11) is 0. The average Bonchev–Trinajstić information content (AvgIpc) is 3.40. The highest BCUT2D eigenvalue weighted by Gasteiger charge is 2.34. The number of hydrogen-bond donors (Lipinski definition) is 0. The van der Waals surface area contributed by atoms with Gasteiger partial charge in [0, 0.05) is 29.9 Å². The maximum Gasteiger partial charge on any atom is 0.236 e. The lowest BCUT2D eigenvalue weighted by Crippen LogP contribution is -2.37. The van der Waals surface area contributed by atoms with E-state index in [-0.39, 0.29) is 11.2 Å². The Balaban J connectivity index is 1.66. The van der Waals surface area contributed by atoms with Gasteiger partial charge in [0.1, 0.15) is 0 Å². The highest BCUT2D eigenvalue weighted by molar-refractivity contribution is 8.00. The van der Waals surface area contributed by atoms with Crippen molar-refractivity contribution >= 4 is 17.7 Å². The molecule has 1 aliphatic rings. The molecule has 1 saturated carbocycles. The molecule has 1 aromatic heterocycles. The van der Waals surface area contributed by atoms with Crippen molar-refractivity contribution in [2.45, 2.75) is 49.4 Å². The lowest BCUT2D eigenvalue weighted by Gasteiger charge is -2.25. The van der Waals surface area contributed by atoms with E-state index in [0.29, 0.717) is 12.6 Å². The number of thioether (sulfide) groups is 1. The van der Waals surface area contributed by atoms with E-state index < -0.39 is 0 Å². The topological polar surface area (TPSA) is 33.2 Å². The summed E-state index contributed by atoms with van der Waals surface area (Å²) in [5.74, 6) is 0.224. The van der Waals surface area contributed by atoms with Crippen LogP contribution in [0.1, 0.15) is 30.9 Å². The van der Waals surface area contributed by atoms with Gasteiger partial charge in [0.05, 0.1) is 5.25 Å². The largest absolute Gasteiger partial charge is 0.334 e. The number of hydrogen-bond acceptors (Lipinski definition) is 3. The molecule has 1 amide bonds. The lowest BCUT2D eigenvalue weighted by atomic mass is 10.2. The highest BCUT2D eigenvalue weighted by atomic mass is 32.2. The maximum absolute atomic E-state index is 12.9. The summed E-state index contributed by atoms with van der Waals surface area (Å²) in [4.78, 5) is 20.2. The second kappa shape index (κ2) is 7.18. The van der Waals surface area contributed by atoms with Gasteiger partial charge in [-0.3, -0.25) is 9.78 Å². The fourth-order valence-electron chi connectivity index (χ4n) is 2.57. The minimum absolute atomic E-state index is 0.0741. The second-order valence-electron chi connectivity index (χ2n) is 6.13. The SMILES string of the molecule is Cc1ccc(SC(C)C(=O)N(Cc2cccnc2)C2CC2)cc1. The molecule has 0 radical (unpaired) electrons. The Morgan fingerprint density at radius 3 is 2.65 bits per heavy atom. The first-order valence-electron chi connectivity index (χ1n) is 8.06. The van der Waals surface area contributed by atoms with E-state index in [0.717, 1.165) is 23.3 Å². The van der Waals surface area contributed by atoms with Crippen LogP contribution in [0.4, 0.5) is 0 Å². The van der Waals surface area contributed by atoms with E-state index in [1.165, 1.54) is 5.56 Å². The zero-order valence-corrected chi connectivity index (χ0v) is 14.4. The van der Waals surface area contributed by atoms with Gasteiger partial charge in [0.25, 0.3) is 0 Å². The molecule has 0 saturated heterocycles. The number of carbonyl (C=O) groups is 1. The number of rotatable bonds is 6. The third-order valence-corrected chi connectivity index (χ3v) is 5.13. The predicted molar refractivity (Wildman–Crippen MR) is 94.3 cm³/mol. The quantitative estimate of drug-likeness (QED) is 0.751. The molecule has 1 unspecified atom stereocenters. The molecule has 23 heavy (non-hydrogen) atoms. The van der Waals surface area contributed by atoms with Gasteiger partial charge < -0.3 is 4.90 Å². The highest BCUT2D eigenvalue weighted by Crippen LogP contribution is 2.32. The first-order valence-corrected chi connectivity index (χ1v) is 8.94. The van der Waals surface area contributed by atoms with Crippen molar-refractivity contribution in [2.75, 3.05) is 0 Å². The van der Waals surface area contributed by atoms with Crippen LogP contribution in [0.2, 0.25) is 0 Å². The molecule has 1 fully saturated rings. The van der Waals surface area contributed by atoms with Crippen molar-refractivity contribution in [3.05, 3.63) is 59.9 Å². The van der Waals surface area contributed by atoms with Crippen LogP contribution in [-0.2, 0) is 11.3 Å². The number of aryl methyl sites for hydroxylation is 1. The molecule has 0 bridgehead atoms. The molecule has 0 N–H and O–H groups in total. The molecule has 1 heterocycles. The van der Waals surface area contributed by atoms with Crippen LogP contribution >= 0.6 is 11.8 Å². The molecule has 3 nitrogen and oxygen atoms in total. The number of aromatic nitrogens is 1. The first-order chi connectivity index (χ1) is 11.1. The van der Waals surface area contributed by atoms with Crippen LogP contribution in [0, 0.1) is 6.92 Å². The van der Waals surface area contributed by atoms with Gasteiger partial charge in [-0.25, -0.2) is 0 Å². The summed E-state index contributed by atoms with van der Waals surface area (Å²) in [5, 5.41) is -0.0741. The van der Waals surface area contributed by atoms with Crippen LogP contribution in [-0.4, -0.2) is 27.1 Å². The van der Waals surface area contributed by atoms with Crippen molar-refractivity contribution < 1.29 is 4.79 Å². The smallest absolute Gasteiger partial charge is 0.236 e. The molecule has 0 aliphatic heterocycles. The zero-order valence-electron chi connectivity index (χ0n) is 13.6. The van der Waals surface area contributed by atoms with Crippen LogP contribution < -0.4 is 0 Å². The molecule has 120 valence electrons. The number of benzene rings is 1. The average molecular weight is 326 g/mol. The molecule has 3 rings (SSSR count). The van der Waals surface area contributed by atoms with Crippen molar-refractivity contribution in [3.8, 4) is 0 Å². The maximum atomic E-state index is 12.9. The van der Waals surface area contributed by atoms with Gasteiger partial charge in [0.2, 0.25) is 5.91 Å². The standard InChI is InChI=1S/C19H22N2OS/c1-14-5-9-18(10-6-14)23-15(2)19(22)21(17-7-8-17)13-16-4-3-11-20-12-16/h3-6,9-12,15,17H,7-8,13H2,1-2H3.